The first-order valence-electron chi connectivity index (χ1n) is 14.7. The van der Waals surface area contributed by atoms with Gasteiger partial charge in [0.25, 0.3) is 0 Å². The van der Waals surface area contributed by atoms with Crippen LogP contribution in [0.3, 0.4) is 0 Å². The SMILES string of the molecule is Fc1c(F)c(F)c(C2=CC(c3ccccc3)=C\C(=C/C=C/C=C/c3cc(-c4ccccc4)cc(-c4c(F)c(F)c(F)c(F)c4F)[o+]3)O2)c(F)c1F. The molecule has 0 spiro atoms. The van der Waals surface area contributed by atoms with E-state index < -0.39 is 80.8 Å². The molecule has 12 heteroatoms. The van der Waals surface area contributed by atoms with Gasteiger partial charge in [0.2, 0.25) is 11.6 Å². The summed E-state index contributed by atoms with van der Waals surface area (Å²) in [5, 5.41) is 0. The summed E-state index contributed by atoms with van der Waals surface area (Å²) in [6, 6.07) is 19.2. The summed E-state index contributed by atoms with van der Waals surface area (Å²) in [6.45, 7) is 0. The molecule has 0 saturated carbocycles. The highest BCUT2D eigenvalue weighted by atomic mass is 19.2. The zero-order valence-electron chi connectivity index (χ0n) is 25.6. The highest BCUT2D eigenvalue weighted by Crippen LogP contribution is 2.37. The lowest BCUT2D eigenvalue weighted by molar-refractivity contribution is 0.356. The third kappa shape index (κ3) is 6.85. The lowest BCUT2D eigenvalue weighted by Crippen LogP contribution is -2.09. The molecule has 0 amide bonds. The Morgan fingerprint density at radius 3 is 1.55 bits per heavy atom. The predicted molar refractivity (Wildman–Crippen MR) is 170 cm³/mol. The second kappa shape index (κ2) is 14.4. The molecule has 1 aromatic heterocycles. The number of halogens is 10. The fourth-order valence-electron chi connectivity index (χ4n) is 5.06. The van der Waals surface area contributed by atoms with E-state index in [4.69, 9.17) is 9.15 Å². The number of hydrogen-bond donors (Lipinski definition) is 0. The highest BCUT2D eigenvalue weighted by Gasteiger charge is 2.33. The Kier molecular flexibility index (Phi) is 9.77. The van der Waals surface area contributed by atoms with Gasteiger partial charge in [-0.25, -0.2) is 48.3 Å². The summed E-state index contributed by atoms with van der Waals surface area (Å²) in [4.78, 5) is 0. The normalized spacial score (nSPS) is 14.0. The number of hydrogen-bond acceptors (Lipinski definition) is 1. The van der Waals surface area contributed by atoms with E-state index in [1.165, 1.54) is 42.5 Å². The molecule has 0 N–H and O–H groups in total. The van der Waals surface area contributed by atoms with Gasteiger partial charge < -0.3 is 4.74 Å². The largest absolute Gasteiger partial charge is 0.456 e. The van der Waals surface area contributed by atoms with Crippen LogP contribution in [0, 0.1) is 58.2 Å². The van der Waals surface area contributed by atoms with Crippen molar-refractivity contribution in [1.29, 1.82) is 0 Å². The van der Waals surface area contributed by atoms with Gasteiger partial charge in [0, 0.05) is 11.6 Å². The summed E-state index contributed by atoms with van der Waals surface area (Å²) < 4.78 is 154. The number of benzene rings is 4. The first-order chi connectivity index (χ1) is 24.5. The molecule has 1 aliphatic rings. The zero-order valence-corrected chi connectivity index (χ0v) is 25.6. The third-order valence-electron chi connectivity index (χ3n) is 7.49. The molecule has 0 unspecified atom stereocenters. The van der Waals surface area contributed by atoms with Crippen molar-refractivity contribution in [3.63, 3.8) is 0 Å². The molecule has 0 aliphatic carbocycles. The maximum atomic E-state index is 14.7. The Bertz CT molecular complexity index is 2270. The quantitative estimate of drug-likeness (QED) is 0.0551. The van der Waals surface area contributed by atoms with Gasteiger partial charge in [0.15, 0.2) is 52.1 Å². The van der Waals surface area contributed by atoms with Crippen molar-refractivity contribution in [3.05, 3.63) is 190 Å². The summed E-state index contributed by atoms with van der Waals surface area (Å²) in [5.74, 6) is -23.0. The van der Waals surface area contributed by atoms with Gasteiger partial charge in [-0.05, 0) is 34.9 Å². The molecule has 1 aliphatic heterocycles. The molecule has 0 atom stereocenters. The lowest BCUT2D eigenvalue weighted by Gasteiger charge is -2.19. The topological polar surface area (TPSA) is 20.5 Å². The fraction of sp³-hybridized carbons (Fsp3) is 0. The summed E-state index contributed by atoms with van der Waals surface area (Å²) in [6.07, 6.45) is 9.34. The van der Waals surface area contributed by atoms with Crippen molar-refractivity contribution >= 4 is 17.4 Å². The second-order valence-corrected chi connectivity index (χ2v) is 10.8. The molecular formula is C39H19F10O2+. The maximum absolute atomic E-state index is 14.7. The van der Waals surface area contributed by atoms with E-state index in [1.54, 1.807) is 60.7 Å². The molecule has 0 bridgehead atoms. The molecule has 5 aromatic rings. The summed E-state index contributed by atoms with van der Waals surface area (Å²) in [5.41, 5.74) is -0.858. The Hall–Kier alpha value is -6.17. The van der Waals surface area contributed by atoms with Gasteiger partial charge >= 0.3 is 11.5 Å². The minimum atomic E-state index is -2.32. The standard InChI is InChI=1S/C39H19F10O2/c40-30-28(31(41)35(45)38(48)34(30)44)26-18-22(20-10-4-1-5-11-20)16-24(50-26)14-8-3-9-15-25-17-23(21-12-6-2-7-13-21)19-27(51-25)29-32(42)36(46)39(49)37(47)33(29)43/h1-19H/q+1. The number of rotatable bonds is 7. The lowest BCUT2D eigenvalue weighted by atomic mass is 10.00. The van der Waals surface area contributed by atoms with Gasteiger partial charge in [-0.15, -0.1) is 0 Å². The van der Waals surface area contributed by atoms with E-state index in [0.29, 0.717) is 22.3 Å². The van der Waals surface area contributed by atoms with E-state index >= 15 is 0 Å². The third-order valence-corrected chi connectivity index (χ3v) is 7.49. The fourth-order valence-corrected chi connectivity index (χ4v) is 5.06. The van der Waals surface area contributed by atoms with Gasteiger partial charge in [-0.3, -0.25) is 0 Å². The Balaban J connectivity index is 1.36. The Labute approximate surface area is 282 Å². The van der Waals surface area contributed by atoms with Crippen molar-refractivity contribution in [1.82, 2.24) is 0 Å². The van der Waals surface area contributed by atoms with Crippen LogP contribution in [-0.4, -0.2) is 0 Å². The first-order valence-corrected chi connectivity index (χ1v) is 14.7. The average molecular weight is 710 g/mol. The maximum Gasteiger partial charge on any atom is 0.367 e. The Morgan fingerprint density at radius 2 is 0.980 bits per heavy atom. The van der Waals surface area contributed by atoms with Crippen molar-refractivity contribution in [3.8, 4) is 22.5 Å². The highest BCUT2D eigenvalue weighted by molar-refractivity contribution is 5.85. The van der Waals surface area contributed by atoms with Crippen LogP contribution in [0.4, 0.5) is 43.9 Å². The van der Waals surface area contributed by atoms with Gasteiger partial charge in [0.1, 0.15) is 11.5 Å². The van der Waals surface area contributed by atoms with Crippen LogP contribution in [0.25, 0.3) is 39.9 Å². The van der Waals surface area contributed by atoms with Gasteiger partial charge in [-0.2, -0.15) is 0 Å². The predicted octanol–water partition coefficient (Wildman–Crippen LogP) is 11.9. The van der Waals surface area contributed by atoms with Gasteiger partial charge in [0.05, 0.1) is 17.7 Å². The summed E-state index contributed by atoms with van der Waals surface area (Å²) in [7, 11) is 0. The van der Waals surface area contributed by atoms with Crippen molar-refractivity contribution in [2.24, 2.45) is 0 Å². The van der Waals surface area contributed by atoms with Crippen molar-refractivity contribution < 1.29 is 53.1 Å². The number of allylic oxidation sites excluding steroid dienone is 7. The minimum absolute atomic E-state index is 0.0655. The van der Waals surface area contributed by atoms with Crippen molar-refractivity contribution in [2.75, 3.05) is 0 Å². The van der Waals surface area contributed by atoms with Crippen LogP contribution in [-0.2, 0) is 4.74 Å². The van der Waals surface area contributed by atoms with Crippen LogP contribution in [0.2, 0.25) is 0 Å². The van der Waals surface area contributed by atoms with E-state index in [2.05, 4.69) is 0 Å². The molecule has 0 saturated heterocycles. The van der Waals surface area contributed by atoms with Crippen LogP contribution in [0.5, 0.6) is 0 Å². The van der Waals surface area contributed by atoms with Crippen LogP contribution in [0.1, 0.15) is 16.9 Å². The first kappa shape index (κ1) is 34.7. The zero-order chi connectivity index (χ0) is 36.4. The molecule has 4 aromatic carbocycles. The molecule has 51 heavy (non-hydrogen) atoms. The molecule has 0 fully saturated rings. The van der Waals surface area contributed by atoms with Crippen LogP contribution < -0.4 is 0 Å². The van der Waals surface area contributed by atoms with Gasteiger partial charge in [-0.1, -0.05) is 78.9 Å². The smallest absolute Gasteiger partial charge is 0.367 e. The second-order valence-electron chi connectivity index (χ2n) is 10.8. The molecule has 0 radical (unpaired) electrons. The molecular weight excluding hydrogens is 690 g/mol. The van der Waals surface area contributed by atoms with E-state index in [9.17, 15) is 43.9 Å². The molecule has 2 nitrogen and oxygen atoms in total. The molecule has 2 heterocycles. The summed E-state index contributed by atoms with van der Waals surface area (Å²) >= 11 is 0. The van der Waals surface area contributed by atoms with Crippen LogP contribution >= 0.6 is 0 Å². The van der Waals surface area contributed by atoms with Crippen molar-refractivity contribution in [2.45, 2.75) is 0 Å². The Morgan fingerprint density at radius 1 is 0.471 bits per heavy atom. The van der Waals surface area contributed by atoms with E-state index in [-0.39, 0.29) is 11.5 Å². The number of ether oxygens (including phenoxy) is 1. The molecule has 256 valence electrons. The minimum Gasteiger partial charge on any atom is -0.456 e. The molecule has 6 rings (SSSR count). The van der Waals surface area contributed by atoms with E-state index in [1.807, 2.05) is 0 Å². The van der Waals surface area contributed by atoms with Crippen LogP contribution in [0.15, 0.2) is 119 Å². The van der Waals surface area contributed by atoms with E-state index in [0.717, 1.165) is 12.1 Å². The monoisotopic (exact) mass is 709 g/mol. The average Bonchev–Trinajstić information content (AvgIpc) is 3.15.